The second-order valence-corrected chi connectivity index (χ2v) is 7.37. The first kappa shape index (κ1) is 22.3. The fourth-order valence-electron chi connectivity index (χ4n) is 3.16. The van der Waals surface area contributed by atoms with Crippen molar-refractivity contribution in [2.75, 3.05) is 12.4 Å². The quantitative estimate of drug-likeness (QED) is 0.637. The number of hydrogen-bond acceptors (Lipinski definition) is 5. The van der Waals surface area contributed by atoms with Gasteiger partial charge in [-0.05, 0) is 42.7 Å². The Balaban J connectivity index is 1.72. The van der Waals surface area contributed by atoms with Gasteiger partial charge in [0.05, 0.1) is 5.70 Å². The van der Waals surface area contributed by atoms with Gasteiger partial charge in [0.25, 0.3) is 0 Å². The second-order valence-electron chi connectivity index (χ2n) is 7.37. The molecule has 0 radical (unpaired) electrons. The fourth-order valence-corrected chi connectivity index (χ4v) is 3.16. The van der Waals surface area contributed by atoms with Crippen molar-refractivity contribution in [1.82, 2.24) is 9.88 Å². The molecule has 0 spiro atoms. The zero-order valence-corrected chi connectivity index (χ0v) is 17.1. The van der Waals surface area contributed by atoms with Gasteiger partial charge in [-0.2, -0.15) is 13.2 Å². The maximum Gasteiger partial charge on any atom is 0.435 e. The van der Waals surface area contributed by atoms with E-state index in [0.717, 1.165) is 31.0 Å². The highest BCUT2D eigenvalue weighted by Crippen LogP contribution is 2.29. The normalized spacial score (nSPS) is 15.4. The maximum absolute atomic E-state index is 13.6. The number of allylic oxidation sites excluding steroid dienone is 1. The first-order valence-electron chi connectivity index (χ1n) is 9.88. The van der Waals surface area contributed by atoms with Crippen molar-refractivity contribution in [2.45, 2.75) is 32.0 Å². The molecule has 9 heteroatoms. The zero-order valence-electron chi connectivity index (χ0n) is 17.1. The van der Waals surface area contributed by atoms with Crippen LogP contribution < -0.4 is 11.1 Å². The molecule has 164 valence electrons. The molecule has 1 saturated carbocycles. The number of carbonyl (C=O) groups is 1. The molecule has 3 rings (SSSR count). The lowest BCUT2D eigenvalue weighted by atomic mass is 9.84. The van der Waals surface area contributed by atoms with Crippen LogP contribution in [-0.4, -0.2) is 34.7 Å². The van der Waals surface area contributed by atoms with Gasteiger partial charge in [-0.25, -0.2) is 9.98 Å². The van der Waals surface area contributed by atoms with Crippen LogP contribution in [0.25, 0.3) is 0 Å². The largest absolute Gasteiger partial charge is 0.435 e. The number of rotatable bonds is 7. The maximum atomic E-state index is 13.6. The van der Waals surface area contributed by atoms with Gasteiger partial charge in [0.1, 0.15) is 0 Å². The van der Waals surface area contributed by atoms with E-state index in [1.165, 1.54) is 12.3 Å². The van der Waals surface area contributed by atoms with E-state index in [2.05, 4.69) is 15.3 Å². The van der Waals surface area contributed by atoms with Gasteiger partial charge in [0.15, 0.2) is 11.5 Å². The van der Waals surface area contributed by atoms with Crippen molar-refractivity contribution in [3.8, 4) is 0 Å². The summed E-state index contributed by atoms with van der Waals surface area (Å²) in [5.74, 6) is 0.162. The summed E-state index contributed by atoms with van der Waals surface area (Å²) in [4.78, 5) is 21.4. The molecule has 6 nitrogen and oxygen atoms in total. The number of anilines is 1. The average molecular weight is 431 g/mol. The lowest BCUT2D eigenvalue weighted by Gasteiger charge is -2.29. The number of nitrogens with two attached hydrogens (primary N) is 1. The van der Waals surface area contributed by atoms with Crippen molar-refractivity contribution in [3.63, 3.8) is 0 Å². The van der Waals surface area contributed by atoms with Gasteiger partial charge in [-0.3, -0.25) is 4.79 Å². The number of nitrogens with one attached hydrogen (secondary N) is 1. The van der Waals surface area contributed by atoms with E-state index in [0.29, 0.717) is 12.2 Å². The van der Waals surface area contributed by atoms with Crippen molar-refractivity contribution in [2.24, 2.45) is 16.6 Å². The molecule has 0 aliphatic heterocycles. The molecular weight excluding hydrogens is 407 g/mol. The summed E-state index contributed by atoms with van der Waals surface area (Å²) in [6.07, 6.45) is 0.404. The Morgan fingerprint density at radius 1 is 1.26 bits per heavy atom. The average Bonchev–Trinajstić information content (AvgIpc) is 2.70. The molecule has 1 aliphatic rings. The van der Waals surface area contributed by atoms with Crippen molar-refractivity contribution in [3.05, 3.63) is 66.1 Å². The molecule has 0 unspecified atom stereocenters. The molecule has 1 aliphatic carbocycles. The minimum Gasteiger partial charge on any atom is -0.403 e. The van der Waals surface area contributed by atoms with Crippen molar-refractivity contribution >= 4 is 23.1 Å². The minimum atomic E-state index is -4.74. The molecule has 1 aromatic heterocycles. The summed E-state index contributed by atoms with van der Waals surface area (Å²) >= 11 is 0. The fraction of sp³-hybridized carbons (Fsp3) is 0.318. The first-order valence-corrected chi connectivity index (χ1v) is 9.88. The summed E-state index contributed by atoms with van der Waals surface area (Å²) < 4.78 is 40.8. The smallest absolute Gasteiger partial charge is 0.403 e. The Kier molecular flexibility index (Phi) is 6.94. The van der Waals surface area contributed by atoms with E-state index in [1.807, 2.05) is 0 Å². The van der Waals surface area contributed by atoms with Crippen molar-refractivity contribution in [1.29, 1.82) is 0 Å². The molecule has 1 aromatic carbocycles. The van der Waals surface area contributed by atoms with Gasteiger partial charge in [0, 0.05) is 37.6 Å². The number of alkyl halides is 3. The number of benzene rings is 1. The second kappa shape index (κ2) is 9.63. The van der Waals surface area contributed by atoms with E-state index >= 15 is 0 Å². The first-order chi connectivity index (χ1) is 14.8. The lowest BCUT2D eigenvalue weighted by molar-refractivity contribution is -0.137. The van der Waals surface area contributed by atoms with Crippen LogP contribution in [-0.2, 0) is 11.3 Å². The number of pyridine rings is 1. The van der Waals surface area contributed by atoms with Gasteiger partial charge in [-0.15, -0.1) is 0 Å². The molecule has 1 fully saturated rings. The number of nitrogens with zero attached hydrogens (tertiary/aromatic N) is 3. The van der Waals surface area contributed by atoms with E-state index in [1.54, 1.807) is 48.3 Å². The molecular formula is C22H24F3N5O. The third-order valence-corrected chi connectivity index (χ3v) is 5.05. The third kappa shape index (κ3) is 5.84. The minimum absolute atomic E-state index is 0.0783. The van der Waals surface area contributed by atoms with Crippen LogP contribution in [0.15, 0.2) is 65.6 Å². The standard InChI is InChI=1S/C22H24F3N5O/c1-30(21(31)16-5-4-6-16)14-15-8-10-17(11-9-15)28-18(13-26)20(22(23,24)25)29-19-7-2-3-12-27-19/h2-3,7-13,16,28H,4-6,14,26H2,1H3/b18-13+,29-20-. The molecule has 1 heterocycles. The Morgan fingerprint density at radius 2 is 1.97 bits per heavy atom. The number of hydrogen-bond donors (Lipinski definition) is 2. The van der Waals surface area contributed by atoms with Gasteiger partial charge < -0.3 is 16.0 Å². The predicted molar refractivity (Wildman–Crippen MR) is 114 cm³/mol. The number of aromatic nitrogens is 1. The van der Waals surface area contributed by atoms with E-state index in [-0.39, 0.29) is 23.3 Å². The molecule has 2 aromatic rings. The third-order valence-electron chi connectivity index (χ3n) is 5.05. The highest BCUT2D eigenvalue weighted by atomic mass is 19.4. The van der Waals surface area contributed by atoms with Crippen LogP contribution >= 0.6 is 0 Å². The molecule has 0 saturated heterocycles. The summed E-state index contributed by atoms with van der Waals surface area (Å²) in [6.45, 7) is 0.435. The highest BCUT2D eigenvalue weighted by molar-refractivity contribution is 6.07. The predicted octanol–water partition coefficient (Wildman–Crippen LogP) is 4.39. The summed E-state index contributed by atoms with van der Waals surface area (Å²) in [5.41, 5.74) is 5.20. The van der Waals surface area contributed by atoms with Crippen molar-refractivity contribution < 1.29 is 18.0 Å². The number of carbonyl (C=O) groups excluding carboxylic acids is 1. The SMILES string of the molecule is CN(Cc1ccc(NC(=C/N)/C(=N/c2ccccn2)C(F)(F)F)cc1)C(=O)C1CCC1. The Morgan fingerprint density at radius 3 is 2.48 bits per heavy atom. The number of amides is 1. The molecule has 3 N–H and O–H groups in total. The van der Waals surface area contributed by atoms with E-state index in [9.17, 15) is 18.0 Å². The Hall–Kier alpha value is -3.36. The Labute approximate surface area is 178 Å². The number of aliphatic imine (C=N–C) groups is 1. The van der Waals surface area contributed by atoms with Gasteiger partial charge in [-0.1, -0.05) is 24.6 Å². The van der Waals surface area contributed by atoms with Gasteiger partial charge >= 0.3 is 6.18 Å². The van der Waals surface area contributed by atoms with Crippen LogP contribution in [0.5, 0.6) is 0 Å². The molecule has 31 heavy (non-hydrogen) atoms. The molecule has 0 bridgehead atoms. The highest BCUT2D eigenvalue weighted by Gasteiger charge is 2.38. The lowest BCUT2D eigenvalue weighted by Crippen LogP contribution is -2.35. The van der Waals surface area contributed by atoms with Crippen LogP contribution in [0, 0.1) is 5.92 Å². The van der Waals surface area contributed by atoms with Crippen LogP contribution in [0.2, 0.25) is 0 Å². The van der Waals surface area contributed by atoms with Gasteiger partial charge in [0.2, 0.25) is 5.91 Å². The molecule has 0 atom stereocenters. The summed E-state index contributed by atoms with van der Waals surface area (Å²) in [6, 6.07) is 11.3. The van der Waals surface area contributed by atoms with E-state index < -0.39 is 11.9 Å². The van der Waals surface area contributed by atoms with E-state index in [4.69, 9.17) is 5.73 Å². The van der Waals surface area contributed by atoms with Crippen LogP contribution in [0.3, 0.4) is 0 Å². The number of halogens is 3. The monoisotopic (exact) mass is 431 g/mol. The van der Waals surface area contributed by atoms with Crippen LogP contribution in [0.1, 0.15) is 24.8 Å². The topological polar surface area (TPSA) is 83.6 Å². The summed E-state index contributed by atoms with van der Waals surface area (Å²) in [5, 5.41) is 2.67. The molecule has 1 amide bonds. The summed E-state index contributed by atoms with van der Waals surface area (Å²) in [7, 11) is 1.76. The van der Waals surface area contributed by atoms with Crippen LogP contribution in [0.4, 0.5) is 24.7 Å². The Bertz CT molecular complexity index is 951. The zero-order chi connectivity index (χ0) is 22.4.